The molecule has 0 heterocycles. The van der Waals surface area contributed by atoms with Gasteiger partial charge in [-0.25, -0.2) is 0 Å². The number of benzene rings is 5. The SMILES string of the molecule is CCCCCCCCC1CC=C(c2ccc([S])cc2)CC1.CCCCCCCCC1CC=C(c2ccc([S])cc2)CC1.CCCCCCCCC1CC=C(c2ccc([S])cc2)CC1.CCCCCCCCC1CC=C(c2ccc([S])cc2)CC1.CCCCCCCCC1CC=C(c2ccc([S])cc2)CC1.F.F.F.F.F. The van der Waals surface area contributed by atoms with Crippen molar-refractivity contribution in [3.05, 3.63) is 180 Å². The van der Waals surface area contributed by atoms with E-state index < -0.39 is 0 Å². The molecule has 5 aromatic rings. The fourth-order valence-electron chi connectivity index (χ4n) is 16.5. The Bertz CT molecular complexity index is 2670. The maximum atomic E-state index is 5.16. The van der Waals surface area contributed by atoms with Crippen molar-refractivity contribution in [2.24, 2.45) is 29.6 Å². The molecule has 5 unspecified atom stereocenters. The third kappa shape index (κ3) is 45.0. The van der Waals surface area contributed by atoms with Gasteiger partial charge < -0.3 is 0 Å². The van der Waals surface area contributed by atoms with Crippen molar-refractivity contribution in [3.8, 4) is 0 Å². The van der Waals surface area contributed by atoms with Gasteiger partial charge >= 0.3 is 0 Å². The molecule has 5 atom stereocenters. The van der Waals surface area contributed by atoms with Gasteiger partial charge in [0.2, 0.25) is 0 Å². The van der Waals surface area contributed by atoms with Crippen molar-refractivity contribution >= 4 is 91.0 Å². The summed E-state index contributed by atoms with van der Waals surface area (Å²) in [6, 6.07) is 42.3. The normalized spacial score (nSPS) is 17.7. The van der Waals surface area contributed by atoms with E-state index in [-0.39, 0.29) is 23.5 Å². The second kappa shape index (κ2) is 65.8. The highest BCUT2D eigenvalue weighted by Crippen LogP contribution is 2.39. The van der Waals surface area contributed by atoms with Crippen LogP contribution in [0.3, 0.4) is 0 Å². The van der Waals surface area contributed by atoms with Gasteiger partial charge in [0.15, 0.2) is 0 Å². The van der Waals surface area contributed by atoms with Gasteiger partial charge in [-0.3, -0.25) is 23.5 Å². The molecule has 110 heavy (non-hydrogen) atoms. The molecule has 5 aliphatic carbocycles. The number of hydrogen-bond acceptors (Lipinski definition) is 0. The standard InChI is InChI=1S/5C20H29S.5FH/c5*1-2-3-4-5-6-7-8-17-9-11-18(12-10-17)19-13-15-20(21)16-14-19;;;;;/h5*11,13-17H,2-10,12H2,1H3;5*1H. The van der Waals surface area contributed by atoms with E-state index in [2.05, 4.69) is 126 Å². The molecule has 0 amide bonds. The number of hydrogen-bond donors (Lipinski definition) is 0. The first-order valence-electron chi connectivity index (χ1n) is 43.8. The maximum Gasteiger partial charge on any atom is 0.0377 e. The summed E-state index contributed by atoms with van der Waals surface area (Å²) in [5.74, 6) is 4.64. The number of rotatable bonds is 40. The van der Waals surface area contributed by atoms with Crippen molar-refractivity contribution in [2.75, 3.05) is 0 Å². The Morgan fingerprint density at radius 3 is 0.464 bits per heavy atom. The van der Waals surface area contributed by atoms with Crippen LogP contribution < -0.4 is 0 Å². The van der Waals surface area contributed by atoms with E-state index in [0.717, 1.165) is 54.1 Å². The fourth-order valence-corrected chi connectivity index (χ4v) is 17.2. The Morgan fingerprint density at radius 1 is 0.200 bits per heavy atom. The van der Waals surface area contributed by atoms with Crippen molar-refractivity contribution in [1.29, 1.82) is 0 Å². The number of allylic oxidation sites excluding steroid dienone is 10. The van der Waals surface area contributed by atoms with E-state index in [1.165, 1.54) is 377 Å². The van der Waals surface area contributed by atoms with Crippen molar-refractivity contribution in [2.45, 2.75) is 380 Å². The van der Waals surface area contributed by atoms with E-state index in [0.29, 0.717) is 0 Å². The first-order chi connectivity index (χ1) is 51.5. The Balaban J connectivity index is 0.000000680. The highest BCUT2D eigenvalue weighted by molar-refractivity contribution is 7.81. The first kappa shape index (κ1) is 104. The van der Waals surface area contributed by atoms with E-state index in [4.69, 9.17) is 63.1 Å². The summed E-state index contributed by atoms with van der Waals surface area (Å²) in [6.07, 6.45) is 81.6. The molecule has 0 N–H and O–H groups in total. The highest BCUT2D eigenvalue weighted by atomic mass is 32.1. The third-order valence-electron chi connectivity index (χ3n) is 23.6. The van der Waals surface area contributed by atoms with Crippen LogP contribution >= 0.6 is 63.1 Å². The monoisotopic (exact) mass is 1610 g/mol. The third-order valence-corrected chi connectivity index (χ3v) is 24.9. The van der Waals surface area contributed by atoms with E-state index in [1.807, 2.05) is 60.7 Å². The van der Waals surface area contributed by atoms with Crippen LogP contribution in [0.4, 0.5) is 23.5 Å². The van der Waals surface area contributed by atoms with Crippen LogP contribution in [0.15, 0.2) is 176 Å². The molecule has 5 aromatic carbocycles. The Labute approximate surface area is 698 Å². The second-order valence-corrected chi connectivity index (χ2v) is 34.6. The molecule has 0 fully saturated rings. The van der Waals surface area contributed by atoms with Crippen LogP contribution in [-0.2, 0) is 0 Å². The van der Waals surface area contributed by atoms with Crippen LogP contribution in [0.25, 0.3) is 27.9 Å². The minimum Gasteiger partial charge on any atom is -0.269 e. The molecule has 0 saturated heterocycles. The fraction of sp³-hybridized carbons (Fsp3) is 0.600. The average molecular weight is 1610 g/mol. The van der Waals surface area contributed by atoms with Gasteiger partial charge in [0, 0.05) is 24.5 Å². The van der Waals surface area contributed by atoms with E-state index in [1.54, 1.807) is 0 Å². The lowest BCUT2D eigenvalue weighted by Gasteiger charge is -2.22. The van der Waals surface area contributed by atoms with E-state index in [9.17, 15) is 0 Å². The van der Waals surface area contributed by atoms with Gasteiger partial charge in [0.05, 0.1) is 0 Å². The highest BCUT2D eigenvalue weighted by Gasteiger charge is 2.20. The number of unbranched alkanes of at least 4 members (excludes halogenated alkanes) is 25. The smallest absolute Gasteiger partial charge is 0.0377 e. The molecular formula is C100H150F5S5. The topological polar surface area (TPSA) is 0 Å². The molecule has 0 spiro atoms. The summed E-state index contributed by atoms with van der Waals surface area (Å²) in [6.45, 7) is 11.4. The lowest BCUT2D eigenvalue weighted by molar-refractivity contribution is 0.423. The lowest BCUT2D eigenvalue weighted by atomic mass is 9.84. The molecule has 0 nitrogen and oxygen atoms in total. The largest absolute Gasteiger partial charge is 0.269 e. The van der Waals surface area contributed by atoms with Crippen LogP contribution in [-0.4, -0.2) is 0 Å². The summed E-state index contributed by atoms with van der Waals surface area (Å²) in [5, 5.41) is 0. The minimum absolute atomic E-state index is 0. The van der Waals surface area contributed by atoms with Crippen molar-refractivity contribution in [1.82, 2.24) is 0 Å². The summed E-state index contributed by atoms with van der Waals surface area (Å²) in [7, 11) is 0. The van der Waals surface area contributed by atoms with Gasteiger partial charge in [-0.1, -0.05) is 414 Å². The predicted octanol–water partition coefficient (Wildman–Crippen LogP) is 36.6. The van der Waals surface area contributed by atoms with Crippen molar-refractivity contribution < 1.29 is 23.5 Å². The molecule has 5 radical (unpaired) electrons. The molecular weight excluding hydrogens is 1460 g/mol. The first-order valence-corrected chi connectivity index (χ1v) is 45.8. The van der Waals surface area contributed by atoms with Crippen LogP contribution in [0.5, 0.6) is 0 Å². The molecule has 615 valence electrons. The molecule has 10 rings (SSSR count). The van der Waals surface area contributed by atoms with E-state index >= 15 is 0 Å². The molecule has 5 aliphatic rings. The summed E-state index contributed by atoms with van der Waals surface area (Å²) in [5.41, 5.74) is 14.5. The van der Waals surface area contributed by atoms with Crippen LogP contribution in [0.2, 0.25) is 0 Å². The zero-order valence-electron chi connectivity index (χ0n) is 69.3. The molecule has 0 aliphatic heterocycles. The van der Waals surface area contributed by atoms with Gasteiger partial charge in [-0.05, 0) is 242 Å². The lowest BCUT2D eigenvalue weighted by Crippen LogP contribution is -2.05. The minimum atomic E-state index is 0. The Kier molecular flexibility index (Phi) is 61.9. The van der Waals surface area contributed by atoms with Gasteiger partial charge in [-0.2, -0.15) is 0 Å². The molecule has 10 heteroatoms. The molecule has 0 bridgehead atoms. The summed E-state index contributed by atoms with van der Waals surface area (Å²) < 4.78 is 0. The summed E-state index contributed by atoms with van der Waals surface area (Å²) >= 11 is 25.8. The molecule has 0 saturated carbocycles. The second-order valence-electron chi connectivity index (χ2n) is 32.3. The summed E-state index contributed by atoms with van der Waals surface area (Å²) in [4.78, 5) is 4.70. The zero-order valence-corrected chi connectivity index (χ0v) is 73.3. The van der Waals surface area contributed by atoms with Crippen LogP contribution in [0.1, 0.15) is 383 Å². The van der Waals surface area contributed by atoms with Gasteiger partial charge in [0.25, 0.3) is 0 Å². The zero-order chi connectivity index (χ0) is 74.6. The maximum absolute atomic E-state index is 5.16. The average Bonchev–Trinajstić information content (AvgIpc) is 0.887. The Hall–Kier alpha value is -4.45. The Morgan fingerprint density at radius 2 is 0.336 bits per heavy atom. The number of halogens is 5. The molecule has 0 aromatic heterocycles. The predicted molar refractivity (Wildman–Crippen MR) is 491 cm³/mol. The van der Waals surface area contributed by atoms with Crippen LogP contribution in [0, 0.1) is 29.6 Å². The quantitative estimate of drug-likeness (QED) is 0.0271. The van der Waals surface area contributed by atoms with Crippen molar-refractivity contribution in [3.63, 3.8) is 0 Å². The van der Waals surface area contributed by atoms with Gasteiger partial charge in [-0.15, -0.1) is 0 Å². The van der Waals surface area contributed by atoms with Gasteiger partial charge in [0.1, 0.15) is 0 Å².